The van der Waals surface area contributed by atoms with E-state index in [0.29, 0.717) is 13.1 Å². The van der Waals surface area contributed by atoms with Crippen LogP contribution in [0.15, 0.2) is 41.3 Å². The molecule has 3 rings (SSSR count). The molecular weight excluding hydrogens is 390 g/mol. The van der Waals surface area contributed by atoms with Gasteiger partial charge in [0.1, 0.15) is 4.90 Å². The monoisotopic (exact) mass is 409 g/mol. The van der Waals surface area contributed by atoms with Gasteiger partial charge in [-0.1, -0.05) is 29.8 Å². The number of nitro benzene ring substituents is 1. The maximum absolute atomic E-state index is 13.0. The second-order valence-corrected chi connectivity index (χ2v) is 8.82. The van der Waals surface area contributed by atoms with Gasteiger partial charge in [-0.3, -0.25) is 10.1 Å². The molecule has 0 unspecified atom stereocenters. The number of para-hydroxylation sites is 1. The third kappa shape index (κ3) is 3.78. The number of rotatable bonds is 4. The number of hydrogen-bond acceptors (Lipinski definition) is 5. The van der Waals surface area contributed by atoms with Crippen LogP contribution in [0.25, 0.3) is 0 Å². The minimum absolute atomic E-state index is 0.0159. The fourth-order valence-corrected chi connectivity index (χ4v) is 5.32. The first-order valence-corrected chi connectivity index (χ1v) is 10.3. The zero-order chi connectivity index (χ0) is 19.8. The van der Waals surface area contributed by atoms with Gasteiger partial charge in [-0.25, -0.2) is 8.42 Å². The Balaban J connectivity index is 1.83. The molecule has 1 aliphatic heterocycles. The van der Waals surface area contributed by atoms with Crippen LogP contribution < -0.4 is 4.90 Å². The van der Waals surface area contributed by atoms with Crippen molar-refractivity contribution in [1.82, 2.24) is 4.31 Å². The largest absolute Gasteiger partial charge is 0.368 e. The molecule has 1 heterocycles. The molecule has 144 valence electrons. The molecule has 0 atom stereocenters. The number of halogens is 1. The van der Waals surface area contributed by atoms with E-state index in [2.05, 4.69) is 4.90 Å². The Labute approximate surface area is 163 Å². The Morgan fingerprint density at radius 3 is 2.19 bits per heavy atom. The molecule has 0 spiro atoms. The van der Waals surface area contributed by atoms with Crippen LogP contribution in [0.5, 0.6) is 0 Å². The summed E-state index contributed by atoms with van der Waals surface area (Å²) in [6.45, 7) is 5.72. The van der Waals surface area contributed by atoms with Gasteiger partial charge in [-0.2, -0.15) is 4.31 Å². The first kappa shape index (κ1) is 19.6. The van der Waals surface area contributed by atoms with Gasteiger partial charge in [0.25, 0.3) is 5.69 Å². The van der Waals surface area contributed by atoms with Gasteiger partial charge >= 0.3 is 0 Å². The number of aryl methyl sites for hydroxylation is 2. The molecule has 1 aliphatic rings. The summed E-state index contributed by atoms with van der Waals surface area (Å²) in [5.41, 5.74) is 3.12. The quantitative estimate of drug-likeness (QED) is 0.571. The number of piperazine rings is 1. The third-order valence-electron chi connectivity index (χ3n) is 4.74. The smallest absolute Gasteiger partial charge is 0.270 e. The van der Waals surface area contributed by atoms with Gasteiger partial charge in [0.15, 0.2) is 0 Å². The van der Waals surface area contributed by atoms with E-state index < -0.39 is 14.9 Å². The zero-order valence-corrected chi connectivity index (χ0v) is 16.6. The molecule has 0 N–H and O–H groups in total. The highest BCUT2D eigenvalue weighted by atomic mass is 35.5. The van der Waals surface area contributed by atoms with Gasteiger partial charge < -0.3 is 4.90 Å². The molecule has 7 nitrogen and oxygen atoms in total. The summed E-state index contributed by atoms with van der Waals surface area (Å²) >= 11 is 6.03. The lowest BCUT2D eigenvalue weighted by Gasteiger charge is -2.37. The van der Waals surface area contributed by atoms with Crippen molar-refractivity contribution in [3.63, 3.8) is 0 Å². The molecule has 0 radical (unpaired) electrons. The minimum Gasteiger partial charge on any atom is -0.368 e. The maximum atomic E-state index is 13.0. The van der Waals surface area contributed by atoms with E-state index in [-0.39, 0.29) is 28.7 Å². The molecule has 2 aromatic carbocycles. The maximum Gasteiger partial charge on any atom is 0.270 e. The van der Waals surface area contributed by atoms with Crippen LogP contribution in [0.1, 0.15) is 11.1 Å². The van der Waals surface area contributed by atoms with Gasteiger partial charge in [-0.05, 0) is 31.0 Å². The lowest BCUT2D eigenvalue weighted by molar-refractivity contribution is -0.385. The second-order valence-electron chi connectivity index (χ2n) is 6.50. The Morgan fingerprint density at radius 2 is 1.63 bits per heavy atom. The van der Waals surface area contributed by atoms with Gasteiger partial charge in [0, 0.05) is 44.0 Å². The van der Waals surface area contributed by atoms with E-state index in [1.165, 1.54) is 16.4 Å². The topological polar surface area (TPSA) is 83.8 Å². The molecule has 1 fully saturated rings. The van der Waals surface area contributed by atoms with E-state index in [1.807, 2.05) is 32.0 Å². The number of sulfonamides is 1. The predicted molar refractivity (Wildman–Crippen MR) is 105 cm³/mol. The first-order chi connectivity index (χ1) is 12.7. The predicted octanol–water partition coefficient (Wildman–Crippen LogP) is 3.38. The number of non-ortho nitro benzene ring substituents is 1. The fourth-order valence-electron chi connectivity index (χ4n) is 3.40. The third-order valence-corrected chi connectivity index (χ3v) is 7.12. The Bertz CT molecular complexity index is 966. The average Bonchev–Trinajstić information content (AvgIpc) is 2.62. The Morgan fingerprint density at radius 1 is 1.04 bits per heavy atom. The number of anilines is 1. The summed E-state index contributed by atoms with van der Waals surface area (Å²) in [6, 6.07) is 9.54. The minimum atomic E-state index is -3.90. The average molecular weight is 410 g/mol. The lowest BCUT2D eigenvalue weighted by Crippen LogP contribution is -2.49. The second kappa shape index (κ2) is 7.46. The number of nitro groups is 1. The molecule has 0 bridgehead atoms. The van der Waals surface area contributed by atoms with Crippen molar-refractivity contribution < 1.29 is 13.3 Å². The van der Waals surface area contributed by atoms with Crippen LogP contribution >= 0.6 is 11.6 Å². The summed E-state index contributed by atoms with van der Waals surface area (Å²) in [5, 5.41) is 11.0. The molecule has 27 heavy (non-hydrogen) atoms. The van der Waals surface area contributed by atoms with E-state index in [9.17, 15) is 18.5 Å². The highest BCUT2D eigenvalue weighted by molar-refractivity contribution is 7.89. The van der Waals surface area contributed by atoms with Crippen molar-refractivity contribution in [2.45, 2.75) is 18.7 Å². The molecule has 0 saturated carbocycles. The molecule has 0 aromatic heterocycles. The van der Waals surface area contributed by atoms with Crippen LogP contribution in [0, 0.1) is 24.0 Å². The Hall–Kier alpha value is -2.16. The zero-order valence-electron chi connectivity index (χ0n) is 15.1. The van der Waals surface area contributed by atoms with Gasteiger partial charge in [-0.15, -0.1) is 0 Å². The molecular formula is C18H20ClN3O4S. The van der Waals surface area contributed by atoms with Crippen molar-refractivity contribution in [3.8, 4) is 0 Å². The fraction of sp³-hybridized carbons (Fsp3) is 0.333. The van der Waals surface area contributed by atoms with Crippen molar-refractivity contribution >= 4 is 33.0 Å². The van der Waals surface area contributed by atoms with Gasteiger partial charge in [0.2, 0.25) is 10.0 Å². The van der Waals surface area contributed by atoms with Crippen molar-refractivity contribution in [2.75, 3.05) is 31.1 Å². The van der Waals surface area contributed by atoms with E-state index in [1.54, 1.807) is 0 Å². The van der Waals surface area contributed by atoms with Crippen LogP contribution in [-0.4, -0.2) is 43.8 Å². The summed E-state index contributed by atoms with van der Waals surface area (Å²) in [6.07, 6.45) is 0. The van der Waals surface area contributed by atoms with Crippen LogP contribution in [-0.2, 0) is 10.0 Å². The molecule has 0 amide bonds. The van der Waals surface area contributed by atoms with E-state index in [0.717, 1.165) is 22.9 Å². The van der Waals surface area contributed by atoms with Crippen LogP contribution in [0.4, 0.5) is 11.4 Å². The van der Waals surface area contributed by atoms with E-state index >= 15 is 0 Å². The molecule has 2 aromatic rings. The SMILES string of the molecule is Cc1cccc(C)c1N1CCN(S(=O)(=O)c2cc([N+](=O)[O-])ccc2Cl)CC1. The normalized spacial score (nSPS) is 15.7. The number of hydrogen-bond donors (Lipinski definition) is 0. The van der Waals surface area contributed by atoms with E-state index in [4.69, 9.17) is 11.6 Å². The summed E-state index contributed by atoms with van der Waals surface area (Å²) in [4.78, 5) is 12.3. The summed E-state index contributed by atoms with van der Waals surface area (Å²) < 4.78 is 27.3. The first-order valence-electron chi connectivity index (χ1n) is 8.47. The van der Waals surface area contributed by atoms with Crippen molar-refractivity contribution in [2.24, 2.45) is 0 Å². The molecule has 0 aliphatic carbocycles. The Kier molecular flexibility index (Phi) is 5.41. The molecule has 9 heteroatoms. The standard InChI is InChI=1S/C18H20ClN3O4S/c1-13-4-3-5-14(2)18(13)20-8-10-21(11-9-20)27(25,26)17-12-15(22(23)24)6-7-16(17)19/h3-7,12H,8-11H2,1-2H3. The highest BCUT2D eigenvalue weighted by Crippen LogP contribution is 2.31. The van der Waals surface area contributed by atoms with Crippen molar-refractivity contribution in [3.05, 3.63) is 62.7 Å². The highest BCUT2D eigenvalue weighted by Gasteiger charge is 2.32. The van der Waals surface area contributed by atoms with Crippen LogP contribution in [0.3, 0.4) is 0 Å². The van der Waals surface area contributed by atoms with Crippen molar-refractivity contribution in [1.29, 1.82) is 0 Å². The van der Waals surface area contributed by atoms with Crippen LogP contribution in [0.2, 0.25) is 5.02 Å². The molecule has 1 saturated heterocycles. The lowest BCUT2D eigenvalue weighted by atomic mass is 10.1. The van der Waals surface area contributed by atoms with Gasteiger partial charge in [0.05, 0.1) is 9.95 Å². The summed E-state index contributed by atoms with van der Waals surface area (Å²) in [5.74, 6) is 0. The summed E-state index contributed by atoms with van der Waals surface area (Å²) in [7, 11) is -3.90. The number of benzene rings is 2. The number of nitrogens with zero attached hydrogens (tertiary/aromatic N) is 3.